The number of rotatable bonds is 4. The Morgan fingerprint density at radius 1 is 1.12 bits per heavy atom. The molecule has 1 unspecified atom stereocenters. The van der Waals surface area contributed by atoms with Crippen molar-refractivity contribution >= 4 is 22.5 Å². The van der Waals surface area contributed by atoms with Gasteiger partial charge in [-0.3, -0.25) is 0 Å². The molecule has 0 fully saturated rings. The third kappa shape index (κ3) is 2.77. The molecule has 2 aromatic rings. The molecule has 0 saturated heterocycles. The minimum atomic E-state index is 0.264. The van der Waals surface area contributed by atoms with Crippen LogP contribution in [-0.4, -0.2) is 17.5 Å². The maximum absolute atomic E-state index is 8.97. The highest BCUT2D eigenvalue weighted by atomic mass is 32.2. The molecule has 0 aromatic heterocycles. The normalized spacial score (nSPS) is 12.9. The number of aliphatic hydroxyl groups is 1. The molecule has 16 heavy (non-hydrogen) atoms. The van der Waals surface area contributed by atoms with E-state index in [1.54, 1.807) is 0 Å². The van der Waals surface area contributed by atoms with Gasteiger partial charge in [0.15, 0.2) is 0 Å². The molecule has 0 bridgehead atoms. The predicted molar refractivity (Wildman–Crippen MR) is 70.9 cm³/mol. The van der Waals surface area contributed by atoms with Crippen LogP contribution in [0.2, 0.25) is 0 Å². The SMILES string of the molecule is CC(CO)CSc1ccc2ccccc2c1. The predicted octanol–water partition coefficient (Wildman–Crippen LogP) is 3.56. The third-order valence-corrected chi connectivity index (χ3v) is 3.89. The van der Waals surface area contributed by atoms with Gasteiger partial charge in [-0.15, -0.1) is 11.8 Å². The standard InChI is InChI=1S/C14H16OS/c1-11(9-15)10-16-14-7-6-12-4-2-3-5-13(12)8-14/h2-8,11,15H,9-10H2,1H3. The lowest BCUT2D eigenvalue weighted by Gasteiger charge is -2.07. The van der Waals surface area contributed by atoms with Crippen molar-refractivity contribution in [2.24, 2.45) is 5.92 Å². The number of aliphatic hydroxyl groups excluding tert-OH is 1. The van der Waals surface area contributed by atoms with Crippen LogP contribution in [0.5, 0.6) is 0 Å². The Morgan fingerprint density at radius 2 is 1.88 bits per heavy atom. The zero-order valence-corrected chi connectivity index (χ0v) is 10.2. The zero-order chi connectivity index (χ0) is 11.4. The summed E-state index contributed by atoms with van der Waals surface area (Å²) in [4.78, 5) is 1.28. The number of hydrogen-bond acceptors (Lipinski definition) is 2. The van der Waals surface area contributed by atoms with E-state index in [1.807, 2.05) is 11.8 Å². The van der Waals surface area contributed by atoms with E-state index in [1.165, 1.54) is 15.7 Å². The Kier molecular flexibility index (Phi) is 3.86. The highest BCUT2D eigenvalue weighted by Crippen LogP contribution is 2.24. The van der Waals surface area contributed by atoms with E-state index >= 15 is 0 Å². The molecule has 1 atom stereocenters. The van der Waals surface area contributed by atoms with E-state index in [0.717, 1.165) is 5.75 Å². The van der Waals surface area contributed by atoms with Crippen LogP contribution in [0.25, 0.3) is 10.8 Å². The van der Waals surface area contributed by atoms with Crippen molar-refractivity contribution in [1.82, 2.24) is 0 Å². The molecule has 1 N–H and O–H groups in total. The van der Waals surface area contributed by atoms with Gasteiger partial charge in [0, 0.05) is 17.3 Å². The summed E-state index contributed by atoms with van der Waals surface area (Å²) >= 11 is 1.81. The largest absolute Gasteiger partial charge is 0.396 e. The highest BCUT2D eigenvalue weighted by molar-refractivity contribution is 7.99. The topological polar surface area (TPSA) is 20.2 Å². The van der Waals surface area contributed by atoms with E-state index in [0.29, 0.717) is 5.92 Å². The van der Waals surface area contributed by atoms with Crippen LogP contribution >= 0.6 is 11.8 Å². The monoisotopic (exact) mass is 232 g/mol. The summed E-state index contributed by atoms with van der Waals surface area (Å²) in [7, 11) is 0. The van der Waals surface area contributed by atoms with Gasteiger partial charge in [0.25, 0.3) is 0 Å². The molecule has 0 amide bonds. The Morgan fingerprint density at radius 3 is 2.62 bits per heavy atom. The second-order valence-electron chi connectivity index (χ2n) is 4.11. The van der Waals surface area contributed by atoms with Crippen molar-refractivity contribution in [1.29, 1.82) is 0 Å². The third-order valence-electron chi connectivity index (χ3n) is 2.57. The summed E-state index contributed by atoms with van der Waals surface area (Å²) in [6.07, 6.45) is 0. The number of thioether (sulfide) groups is 1. The fourth-order valence-electron chi connectivity index (χ4n) is 1.55. The van der Waals surface area contributed by atoms with Crippen LogP contribution in [0.15, 0.2) is 47.4 Å². The van der Waals surface area contributed by atoms with Crippen molar-refractivity contribution in [2.45, 2.75) is 11.8 Å². The Labute approximate surface area is 100 Å². The minimum Gasteiger partial charge on any atom is -0.396 e. The summed E-state index contributed by atoms with van der Waals surface area (Å²) in [5.41, 5.74) is 0. The van der Waals surface area contributed by atoms with Gasteiger partial charge in [-0.05, 0) is 28.8 Å². The molecule has 0 heterocycles. The second kappa shape index (κ2) is 5.37. The summed E-state index contributed by atoms with van der Waals surface area (Å²) < 4.78 is 0. The highest BCUT2D eigenvalue weighted by Gasteiger charge is 2.02. The molecule has 0 saturated carbocycles. The van der Waals surface area contributed by atoms with Crippen LogP contribution in [0.1, 0.15) is 6.92 Å². The van der Waals surface area contributed by atoms with E-state index in [-0.39, 0.29) is 6.61 Å². The first-order valence-electron chi connectivity index (χ1n) is 5.52. The summed E-state index contributed by atoms with van der Waals surface area (Å²) in [5.74, 6) is 1.32. The van der Waals surface area contributed by atoms with Crippen molar-refractivity contribution in [3.63, 3.8) is 0 Å². The summed E-state index contributed by atoms with van der Waals surface area (Å²) in [5, 5.41) is 11.5. The van der Waals surface area contributed by atoms with Gasteiger partial charge in [-0.2, -0.15) is 0 Å². The molecule has 0 radical (unpaired) electrons. The summed E-state index contributed by atoms with van der Waals surface area (Å²) in [6.45, 7) is 2.33. The van der Waals surface area contributed by atoms with Gasteiger partial charge < -0.3 is 5.11 Å². The first-order chi connectivity index (χ1) is 7.79. The fraction of sp³-hybridized carbons (Fsp3) is 0.286. The van der Waals surface area contributed by atoms with Gasteiger partial charge in [0.05, 0.1) is 0 Å². The second-order valence-corrected chi connectivity index (χ2v) is 5.20. The molecule has 0 aliphatic rings. The van der Waals surface area contributed by atoms with E-state index in [4.69, 9.17) is 5.11 Å². The van der Waals surface area contributed by atoms with Crippen LogP contribution in [0, 0.1) is 5.92 Å². The molecule has 2 heteroatoms. The van der Waals surface area contributed by atoms with Gasteiger partial charge >= 0.3 is 0 Å². The maximum Gasteiger partial charge on any atom is 0.0464 e. The average Bonchev–Trinajstić information content (AvgIpc) is 2.35. The van der Waals surface area contributed by atoms with E-state index in [9.17, 15) is 0 Å². The Hall–Kier alpha value is -0.990. The van der Waals surface area contributed by atoms with E-state index < -0.39 is 0 Å². The van der Waals surface area contributed by atoms with Gasteiger partial charge in [-0.25, -0.2) is 0 Å². The van der Waals surface area contributed by atoms with Crippen molar-refractivity contribution in [3.05, 3.63) is 42.5 Å². The van der Waals surface area contributed by atoms with Gasteiger partial charge in [0.2, 0.25) is 0 Å². The number of benzene rings is 2. The van der Waals surface area contributed by atoms with Crippen LogP contribution in [0.3, 0.4) is 0 Å². The lowest BCUT2D eigenvalue weighted by molar-refractivity contribution is 0.250. The molecular weight excluding hydrogens is 216 g/mol. The van der Waals surface area contributed by atoms with Gasteiger partial charge in [-0.1, -0.05) is 37.3 Å². The lowest BCUT2D eigenvalue weighted by atomic mass is 10.1. The van der Waals surface area contributed by atoms with Gasteiger partial charge in [0.1, 0.15) is 0 Å². The molecule has 84 valence electrons. The molecule has 2 rings (SSSR count). The van der Waals surface area contributed by atoms with Crippen molar-refractivity contribution < 1.29 is 5.11 Å². The number of fused-ring (bicyclic) bond motifs is 1. The van der Waals surface area contributed by atoms with Crippen molar-refractivity contribution in [2.75, 3.05) is 12.4 Å². The zero-order valence-electron chi connectivity index (χ0n) is 9.39. The number of hydrogen-bond donors (Lipinski definition) is 1. The molecule has 0 spiro atoms. The Balaban J connectivity index is 2.13. The van der Waals surface area contributed by atoms with Crippen LogP contribution in [-0.2, 0) is 0 Å². The van der Waals surface area contributed by atoms with Crippen molar-refractivity contribution in [3.8, 4) is 0 Å². The van der Waals surface area contributed by atoms with Crippen LogP contribution in [0.4, 0.5) is 0 Å². The molecule has 0 aliphatic carbocycles. The lowest BCUT2D eigenvalue weighted by Crippen LogP contribution is -2.02. The molecule has 0 aliphatic heterocycles. The quantitative estimate of drug-likeness (QED) is 0.813. The molecular formula is C14H16OS. The Bertz CT molecular complexity index is 467. The molecule has 2 aromatic carbocycles. The first kappa shape index (κ1) is 11.5. The smallest absolute Gasteiger partial charge is 0.0464 e. The fourth-order valence-corrected chi connectivity index (χ4v) is 2.51. The summed E-state index contributed by atoms with van der Waals surface area (Å²) in [6, 6.07) is 14.9. The average molecular weight is 232 g/mol. The maximum atomic E-state index is 8.97. The van der Waals surface area contributed by atoms with Crippen LogP contribution < -0.4 is 0 Å². The van der Waals surface area contributed by atoms with E-state index in [2.05, 4.69) is 49.4 Å². The molecule has 1 nitrogen and oxygen atoms in total. The first-order valence-corrected chi connectivity index (χ1v) is 6.50. The minimum absolute atomic E-state index is 0.264.